The fraction of sp³-hybridized carbons (Fsp3) is 0.278. The van der Waals surface area contributed by atoms with Gasteiger partial charge in [0, 0.05) is 11.0 Å². The molecule has 2 aromatic rings. The lowest BCUT2D eigenvalue weighted by molar-refractivity contribution is 0.223. The second-order valence-electron chi connectivity index (χ2n) is 5.02. The number of amides is 2. The van der Waals surface area contributed by atoms with Crippen LogP contribution in [-0.2, 0) is 12.8 Å². The van der Waals surface area contributed by atoms with Gasteiger partial charge in [0.1, 0.15) is 5.75 Å². The molecular weight excluding hydrogens is 356 g/mol. The van der Waals surface area contributed by atoms with Gasteiger partial charge in [0.15, 0.2) is 6.73 Å². The van der Waals surface area contributed by atoms with Gasteiger partial charge in [-0.1, -0.05) is 59.3 Å². The molecule has 5 heteroatoms. The standard InChI is InChI=1S/C18H21BrN2O2/c1-2-14-7-4-6-10-17(14)23-13-21-18(22)20-12-11-15-8-3-5-9-16(15)19/h3-10H,2,11-13H2,1H3,(H2,20,21,22). The maximum absolute atomic E-state index is 11.7. The van der Waals surface area contributed by atoms with Crippen LogP contribution in [0.3, 0.4) is 0 Å². The van der Waals surface area contributed by atoms with Crippen LogP contribution in [0.15, 0.2) is 53.0 Å². The molecule has 0 heterocycles. The summed E-state index contributed by atoms with van der Waals surface area (Å²) in [5.74, 6) is 0.809. The summed E-state index contributed by atoms with van der Waals surface area (Å²) in [6.07, 6.45) is 1.67. The van der Waals surface area contributed by atoms with Gasteiger partial charge >= 0.3 is 6.03 Å². The number of ether oxygens (including phenoxy) is 1. The summed E-state index contributed by atoms with van der Waals surface area (Å²) in [4.78, 5) is 11.7. The van der Waals surface area contributed by atoms with Crippen LogP contribution < -0.4 is 15.4 Å². The molecule has 122 valence electrons. The average Bonchev–Trinajstić information content (AvgIpc) is 2.57. The van der Waals surface area contributed by atoms with Crippen LogP contribution in [0.2, 0.25) is 0 Å². The molecule has 2 amide bonds. The highest BCUT2D eigenvalue weighted by atomic mass is 79.9. The number of benzene rings is 2. The number of aryl methyl sites for hydroxylation is 1. The van der Waals surface area contributed by atoms with Gasteiger partial charge in [0.05, 0.1) is 0 Å². The molecule has 0 aliphatic heterocycles. The Morgan fingerprint density at radius 3 is 2.48 bits per heavy atom. The molecule has 2 aromatic carbocycles. The van der Waals surface area contributed by atoms with Crippen LogP contribution in [-0.4, -0.2) is 19.3 Å². The predicted molar refractivity (Wildman–Crippen MR) is 95.7 cm³/mol. The zero-order valence-electron chi connectivity index (χ0n) is 13.1. The topological polar surface area (TPSA) is 50.4 Å². The van der Waals surface area contributed by atoms with E-state index in [-0.39, 0.29) is 12.8 Å². The number of hydrogen-bond donors (Lipinski definition) is 2. The van der Waals surface area contributed by atoms with Crippen LogP contribution >= 0.6 is 15.9 Å². The Bertz CT molecular complexity index is 646. The zero-order chi connectivity index (χ0) is 16.5. The minimum atomic E-state index is -0.231. The SMILES string of the molecule is CCc1ccccc1OCNC(=O)NCCc1ccccc1Br. The van der Waals surface area contributed by atoms with Crippen molar-refractivity contribution in [3.8, 4) is 5.75 Å². The maximum Gasteiger partial charge on any atom is 0.317 e. The van der Waals surface area contributed by atoms with Gasteiger partial charge in [-0.2, -0.15) is 0 Å². The first-order valence-corrected chi connectivity index (χ1v) is 8.45. The van der Waals surface area contributed by atoms with E-state index in [1.807, 2.05) is 48.5 Å². The van der Waals surface area contributed by atoms with Gasteiger partial charge in [0.2, 0.25) is 0 Å². The molecule has 0 aliphatic carbocycles. The highest BCUT2D eigenvalue weighted by molar-refractivity contribution is 9.10. The second-order valence-corrected chi connectivity index (χ2v) is 5.88. The molecule has 2 rings (SSSR count). The maximum atomic E-state index is 11.7. The number of hydrogen-bond acceptors (Lipinski definition) is 2. The lowest BCUT2D eigenvalue weighted by atomic mass is 10.1. The molecule has 0 radical (unpaired) electrons. The largest absolute Gasteiger partial charge is 0.473 e. The van der Waals surface area contributed by atoms with Crippen molar-refractivity contribution in [1.29, 1.82) is 0 Å². The number of carbonyl (C=O) groups excluding carboxylic acids is 1. The summed E-state index contributed by atoms with van der Waals surface area (Å²) >= 11 is 3.50. The van der Waals surface area contributed by atoms with Crippen molar-refractivity contribution in [3.63, 3.8) is 0 Å². The first kappa shape index (κ1) is 17.3. The molecule has 4 nitrogen and oxygen atoms in total. The van der Waals surface area contributed by atoms with Crippen LogP contribution in [0.5, 0.6) is 5.75 Å². The lowest BCUT2D eigenvalue weighted by Gasteiger charge is -2.12. The Morgan fingerprint density at radius 2 is 1.74 bits per heavy atom. The molecule has 0 unspecified atom stereocenters. The molecule has 0 atom stereocenters. The van der Waals surface area contributed by atoms with Gasteiger partial charge in [0.25, 0.3) is 0 Å². The fourth-order valence-corrected chi connectivity index (χ4v) is 2.67. The minimum Gasteiger partial charge on any atom is -0.473 e. The van der Waals surface area contributed by atoms with Gasteiger partial charge in [-0.25, -0.2) is 4.79 Å². The van der Waals surface area contributed by atoms with Crippen LogP contribution in [0, 0.1) is 0 Å². The Kier molecular flexibility index (Phi) is 6.94. The quantitative estimate of drug-likeness (QED) is 0.720. The van der Waals surface area contributed by atoms with Gasteiger partial charge in [-0.05, 0) is 36.1 Å². The molecule has 0 saturated carbocycles. The van der Waals surface area contributed by atoms with Crippen molar-refractivity contribution >= 4 is 22.0 Å². The third-order valence-corrected chi connectivity index (χ3v) is 4.23. The van der Waals surface area contributed by atoms with E-state index in [2.05, 4.69) is 33.5 Å². The fourth-order valence-electron chi connectivity index (χ4n) is 2.19. The normalized spacial score (nSPS) is 10.2. The molecule has 23 heavy (non-hydrogen) atoms. The minimum absolute atomic E-state index is 0.151. The molecule has 2 N–H and O–H groups in total. The summed E-state index contributed by atoms with van der Waals surface area (Å²) in [6.45, 7) is 2.79. The smallest absolute Gasteiger partial charge is 0.317 e. The summed E-state index contributed by atoms with van der Waals surface area (Å²) in [5.41, 5.74) is 2.30. The van der Waals surface area contributed by atoms with Crippen LogP contribution in [0.25, 0.3) is 0 Å². The molecule has 0 bridgehead atoms. The number of carbonyl (C=O) groups is 1. The van der Waals surface area contributed by atoms with Crippen molar-refractivity contribution in [2.24, 2.45) is 0 Å². The van der Waals surface area contributed by atoms with Gasteiger partial charge < -0.3 is 15.4 Å². The van der Waals surface area contributed by atoms with E-state index in [1.165, 1.54) is 5.56 Å². The van der Waals surface area contributed by atoms with E-state index in [0.29, 0.717) is 6.54 Å². The average molecular weight is 377 g/mol. The Hall–Kier alpha value is -2.01. The second kappa shape index (κ2) is 9.20. The molecular formula is C18H21BrN2O2. The monoisotopic (exact) mass is 376 g/mol. The van der Waals surface area contributed by atoms with E-state index in [1.54, 1.807) is 0 Å². The van der Waals surface area contributed by atoms with Crippen molar-refractivity contribution in [2.45, 2.75) is 19.8 Å². The van der Waals surface area contributed by atoms with Crippen molar-refractivity contribution in [3.05, 3.63) is 64.1 Å². The Morgan fingerprint density at radius 1 is 1.04 bits per heavy atom. The molecule has 0 aromatic heterocycles. The zero-order valence-corrected chi connectivity index (χ0v) is 14.7. The Balaban J connectivity index is 1.68. The third kappa shape index (κ3) is 5.60. The first-order valence-electron chi connectivity index (χ1n) is 7.66. The number of halogens is 1. The van der Waals surface area contributed by atoms with E-state index in [4.69, 9.17) is 4.74 Å². The van der Waals surface area contributed by atoms with Crippen molar-refractivity contribution < 1.29 is 9.53 Å². The van der Waals surface area contributed by atoms with E-state index < -0.39 is 0 Å². The summed E-state index contributed by atoms with van der Waals surface area (Å²) < 4.78 is 6.66. The van der Waals surface area contributed by atoms with Crippen molar-refractivity contribution in [2.75, 3.05) is 13.3 Å². The highest BCUT2D eigenvalue weighted by Crippen LogP contribution is 2.17. The summed E-state index contributed by atoms with van der Waals surface area (Å²) in [7, 11) is 0. The molecule has 0 saturated heterocycles. The molecule has 0 spiro atoms. The highest BCUT2D eigenvalue weighted by Gasteiger charge is 2.03. The van der Waals surface area contributed by atoms with Crippen LogP contribution in [0.1, 0.15) is 18.1 Å². The summed E-state index contributed by atoms with van der Waals surface area (Å²) in [5, 5.41) is 5.52. The number of rotatable bonds is 7. The van der Waals surface area contributed by atoms with Gasteiger partial charge in [-0.15, -0.1) is 0 Å². The predicted octanol–water partition coefficient (Wildman–Crippen LogP) is 3.89. The van der Waals surface area contributed by atoms with E-state index >= 15 is 0 Å². The van der Waals surface area contributed by atoms with Crippen LogP contribution in [0.4, 0.5) is 4.79 Å². The van der Waals surface area contributed by atoms with E-state index in [9.17, 15) is 4.79 Å². The van der Waals surface area contributed by atoms with E-state index in [0.717, 1.165) is 28.6 Å². The first-order chi connectivity index (χ1) is 11.2. The summed E-state index contributed by atoms with van der Waals surface area (Å²) in [6, 6.07) is 15.6. The number of nitrogens with one attached hydrogen (secondary N) is 2. The molecule has 0 fully saturated rings. The van der Waals surface area contributed by atoms with Gasteiger partial charge in [-0.3, -0.25) is 0 Å². The number of urea groups is 1. The Labute approximate surface area is 145 Å². The molecule has 0 aliphatic rings. The number of para-hydroxylation sites is 1. The third-order valence-electron chi connectivity index (χ3n) is 3.45. The lowest BCUT2D eigenvalue weighted by Crippen LogP contribution is -2.38. The van der Waals surface area contributed by atoms with Crippen molar-refractivity contribution in [1.82, 2.24) is 10.6 Å².